The van der Waals surface area contributed by atoms with Crippen LogP contribution in [0, 0.1) is 19.8 Å². The molecule has 1 heterocycles. The van der Waals surface area contributed by atoms with Crippen LogP contribution in [0.1, 0.15) is 37.7 Å². The summed E-state index contributed by atoms with van der Waals surface area (Å²) in [6, 6.07) is -0.509. The number of aryl methyl sites for hydroxylation is 2. The van der Waals surface area contributed by atoms with Crippen molar-refractivity contribution in [3.05, 3.63) is 17.0 Å². The van der Waals surface area contributed by atoms with Crippen LogP contribution in [-0.2, 0) is 16.1 Å². The molecule has 0 saturated carbocycles. The number of amides is 2. The molecule has 0 radical (unpaired) electrons. The Morgan fingerprint density at radius 3 is 2.37 bits per heavy atom. The van der Waals surface area contributed by atoms with Crippen LogP contribution in [0.15, 0.2) is 0 Å². The highest BCUT2D eigenvalue weighted by atomic mass is 16.2. The summed E-state index contributed by atoms with van der Waals surface area (Å²) in [4.78, 5) is 23.2. The Morgan fingerprint density at radius 1 is 1.32 bits per heavy atom. The number of nitrogens with zero attached hydrogens (tertiary/aromatic N) is 1. The van der Waals surface area contributed by atoms with E-state index >= 15 is 0 Å². The Bertz CT molecular complexity index is 446. The number of carbonyl (C=O) groups excluding carboxylic acids is 2. The van der Waals surface area contributed by atoms with Crippen molar-refractivity contribution in [3.8, 4) is 0 Å². The van der Waals surface area contributed by atoms with Crippen LogP contribution < -0.4 is 10.6 Å². The first kappa shape index (κ1) is 15.2. The van der Waals surface area contributed by atoms with Gasteiger partial charge in [-0.2, -0.15) is 5.10 Å². The van der Waals surface area contributed by atoms with Gasteiger partial charge in [-0.05, 0) is 19.8 Å². The average Bonchev–Trinajstić information content (AvgIpc) is 2.62. The van der Waals surface area contributed by atoms with E-state index in [9.17, 15) is 9.59 Å². The first-order chi connectivity index (χ1) is 8.82. The van der Waals surface area contributed by atoms with E-state index in [0.29, 0.717) is 6.54 Å². The average molecular weight is 266 g/mol. The molecule has 6 heteroatoms. The van der Waals surface area contributed by atoms with Gasteiger partial charge in [-0.3, -0.25) is 14.7 Å². The summed E-state index contributed by atoms with van der Waals surface area (Å²) in [6.45, 7) is 9.42. The topological polar surface area (TPSA) is 86.9 Å². The Kier molecular flexibility index (Phi) is 5.09. The third-order valence-electron chi connectivity index (χ3n) is 3.03. The van der Waals surface area contributed by atoms with Crippen LogP contribution in [0.5, 0.6) is 0 Å². The Morgan fingerprint density at radius 2 is 1.95 bits per heavy atom. The number of hydrogen-bond acceptors (Lipinski definition) is 3. The van der Waals surface area contributed by atoms with Crippen LogP contribution in [0.3, 0.4) is 0 Å². The van der Waals surface area contributed by atoms with Gasteiger partial charge in [0.05, 0.1) is 5.69 Å². The van der Waals surface area contributed by atoms with E-state index in [-0.39, 0.29) is 17.7 Å². The molecule has 6 nitrogen and oxygen atoms in total. The van der Waals surface area contributed by atoms with E-state index in [2.05, 4.69) is 20.8 Å². The Balaban J connectivity index is 2.65. The summed E-state index contributed by atoms with van der Waals surface area (Å²) in [5.41, 5.74) is 2.80. The van der Waals surface area contributed by atoms with E-state index in [0.717, 1.165) is 17.0 Å². The lowest BCUT2D eigenvalue weighted by atomic mass is 10.0. The monoisotopic (exact) mass is 266 g/mol. The van der Waals surface area contributed by atoms with Gasteiger partial charge in [0.15, 0.2) is 0 Å². The minimum Gasteiger partial charge on any atom is -0.350 e. The summed E-state index contributed by atoms with van der Waals surface area (Å²) >= 11 is 0. The molecule has 1 atom stereocenters. The van der Waals surface area contributed by atoms with Gasteiger partial charge in [-0.1, -0.05) is 13.8 Å². The number of aromatic nitrogens is 2. The van der Waals surface area contributed by atoms with Crippen molar-refractivity contribution in [2.45, 2.75) is 47.2 Å². The number of carbonyl (C=O) groups is 2. The van der Waals surface area contributed by atoms with Gasteiger partial charge in [-0.25, -0.2) is 0 Å². The quantitative estimate of drug-likeness (QED) is 0.737. The van der Waals surface area contributed by atoms with Crippen molar-refractivity contribution in [3.63, 3.8) is 0 Å². The third-order valence-corrected chi connectivity index (χ3v) is 3.03. The number of nitrogens with one attached hydrogen (secondary N) is 3. The second-order valence-electron chi connectivity index (χ2n) is 5.05. The zero-order valence-electron chi connectivity index (χ0n) is 12.1. The van der Waals surface area contributed by atoms with Gasteiger partial charge >= 0.3 is 0 Å². The van der Waals surface area contributed by atoms with E-state index in [1.807, 2.05) is 27.7 Å². The standard InChI is InChI=1S/C13H22N4O2/c1-7(2)12(15-10(5)18)13(19)14-6-11-8(3)16-17-9(11)4/h7,12H,6H2,1-5H3,(H,14,19)(H,15,18)(H,16,17)/t12-/m0/s1. The van der Waals surface area contributed by atoms with Crippen molar-refractivity contribution < 1.29 is 9.59 Å². The van der Waals surface area contributed by atoms with Gasteiger partial charge in [-0.15, -0.1) is 0 Å². The summed E-state index contributed by atoms with van der Waals surface area (Å²) in [7, 11) is 0. The molecular weight excluding hydrogens is 244 g/mol. The van der Waals surface area contributed by atoms with Crippen LogP contribution in [0.4, 0.5) is 0 Å². The van der Waals surface area contributed by atoms with Gasteiger partial charge in [0.1, 0.15) is 6.04 Å². The lowest BCUT2D eigenvalue weighted by molar-refractivity contribution is -0.129. The summed E-state index contributed by atoms with van der Waals surface area (Å²) in [5.74, 6) is -0.342. The molecule has 106 valence electrons. The Labute approximate surface area is 113 Å². The molecule has 2 amide bonds. The summed E-state index contributed by atoms with van der Waals surface area (Å²) < 4.78 is 0. The fraction of sp³-hybridized carbons (Fsp3) is 0.615. The molecule has 0 saturated heterocycles. The van der Waals surface area contributed by atoms with Crippen molar-refractivity contribution >= 4 is 11.8 Å². The largest absolute Gasteiger partial charge is 0.350 e. The van der Waals surface area contributed by atoms with Gasteiger partial charge < -0.3 is 10.6 Å². The molecule has 0 fully saturated rings. The third kappa shape index (κ3) is 4.08. The Hall–Kier alpha value is -1.85. The van der Waals surface area contributed by atoms with Crippen molar-refractivity contribution in [2.24, 2.45) is 5.92 Å². The van der Waals surface area contributed by atoms with Crippen molar-refractivity contribution in [2.75, 3.05) is 0 Å². The molecule has 1 aromatic rings. The number of H-pyrrole nitrogens is 1. The molecule has 0 aromatic carbocycles. The fourth-order valence-electron chi connectivity index (χ4n) is 1.87. The first-order valence-corrected chi connectivity index (χ1v) is 6.38. The van der Waals surface area contributed by atoms with Gasteiger partial charge in [0, 0.05) is 24.7 Å². The van der Waals surface area contributed by atoms with Crippen molar-refractivity contribution in [1.29, 1.82) is 0 Å². The van der Waals surface area contributed by atoms with Crippen molar-refractivity contribution in [1.82, 2.24) is 20.8 Å². The van der Waals surface area contributed by atoms with Gasteiger partial charge in [0.25, 0.3) is 0 Å². The molecule has 3 N–H and O–H groups in total. The molecule has 19 heavy (non-hydrogen) atoms. The van der Waals surface area contributed by atoms with E-state index in [1.54, 1.807) is 0 Å². The minimum absolute atomic E-state index is 0.0374. The second kappa shape index (κ2) is 6.36. The highest BCUT2D eigenvalue weighted by molar-refractivity contribution is 5.87. The van der Waals surface area contributed by atoms with Crippen LogP contribution in [-0.4, -0.2) is 28.1 Å². The fourth-order valence-corrected chi connectivity index (χ4v) is 1.87. The maximum atomic E-state index is 12.1. The molecule has 1 rings (SSSR count). The second-order valence-corrected chi connectivity index (χ2v) is 5.05. The lowest BCUT2D eigenvalue weighted by Crippen LogP contribution is -2.48. The molecule has 0 aliphatic carbocycles. The molecule has 1 aromatic heterocycles. The molecule has 0 unspecified atom stereocenters. The number of aromatic amines is 1. The van der Waals surface area contributed by atoms with E-state index < -0.39 is 6.04 Å². The maximum absolute atomic E-state index is 12.1. The van der Waals surface area contributed by atoms with E-state index in [1.165, 1.54) is 6.92 Å². The smallest absolute Gasteiger partial charge is 0.243 e. The summed E-state index contributed by atoms with van der Waals surface area (Å²) in [6.07, 6.45) is 0. The molecule has 0 aliphatic heterocycles. The first-order valence-electron chi connectivity index (χ1n) is 6.38. The maximum Gasteiger partial charge on any atom is 0.243 e. The predicted octanol–water partition coefficient (Wildman–Crippen LogP) is 0.803. The van der Waals surface area contributed by atoms with Crippen LogP contribution in [0.25, 0.3) is 0 Å². The van der Waals surface area contributed by atoms with Crippen LogP contribution >= 0.6 is 0 Å². The molecule has 0 aliphatic rings. The number of rotatable bonds is 5. The minimum atomic E-state index is -0.509. The van der Waals surface area contributed by atoms with Crippen LogP contribution in [0.2, 0.25) is 0 Å². The zero-order valence-corrected chi connectivity index (χ0v) is 12.1. The predicted molar refractivity (Wildman–Crippen MR) is 72.4 cm³/mol. The van der Waals surface area contributed by atoms with Gasteiger partial charge in [0.2, 0.25) is 11.8 Å². The zero-order chi connectivity index (χ0) is 14.6. The highest BCUT2D eigenvalue weighted by Crippen LogP contribution is 2.09. The SMILES string of the molecule is CC(=O)N[C@H](C(=O)NCc1c(C)n[nH]c1C)C(C)C. The molecule has 0 spiro atoms. The molecule has 0 bridgehead atoms. The van der Waals surface area contributed by atoms with E-state index in [4.69, 9.17) is 0 Å². The summed E-state index contributed by atoms with van der Waals surface area (Å²) in [5, 5.41) is 12.5. The molecular formula is C13H22N4O2. The lowest BCUT2D eigenvalue weighted by Gasteiger charge is -2.20. The number of hydrogen-bond donors (Lipinski definition) is 3. The normalized spacial score (nSPS) is 12.3. The highest BCUT2D eigenvalue weighted by Gasteiger charge is 2.23.